The van der Waals surface area contributed by atoms with Gasteiger partial charge in [-0.1, -0.05) is 32.4 Å². The highest BCUT2D eigenvalue weighted by molar-refractivity contribution is 6.30. The Morgan fingerprint density at radius 3 is 2.36 bits per heavy atom. The molecule has 1 aromatic rings. The molecule has 0 atom stereocenters. The van der Waals surface area contributed by atoms with Gasteiger partial charge in [0.2, 0.25) is 0 Å². The van der Waals surface area contributed by atoms with E-state index in [4.69, 9.17) is 11.6 Å². The SMILES string of the molecule is CNCc1nc(C(C)(C)C)c(Cl)n1C. The standard InChI is InChI=1S/C10H18ClN3/c1-10(2,3)8-9(11)14(5)7(13-8)6-12-4/h12H,6H2,1-5H3. The van der Waals surface area contributed by atoms with E-state index in [-0.39, 0.29) is 5.41 Å². The van der Waals surface area contributed by atoms with Crippen LogP contribution in [0.5, 0.6) is 0 Å². The molecule has 0 saturated carbocycles. The molecule has 1 rings (SSSR count). The Balaban J connectivity index is 3.15. The molecule has 1 aromatic heterocycles. The van der Waals surface area contributed by atoms with Crippen molar-refractivity contribution in [1.82, 2.24) is 14.9 Å². The molecule has 0 saturated heterocycles. The molecule has 14 heavy (non-hydrogen) atoms. The smallest absolute Gasteiger partial charge is 0.132 e. The number of imidazole rings is 1. The average Bonchev–Trinajstić information content (AvgIpc) is 2.32. The van der Waals surface area contributed by atoms with E-state index in [1.165, 1.54) is 0 Å². The summed E-state index contributed by atoms with van der Waals surface area (Å²) in [5.74, 6) is 0.974. The topological polar surface area (TPSA) is 29.9 Å². The summed E-state index contributed by atoms with van der Waals surface area (Å²) in [5.41, 5.74) is 0.966. The fourth-order valence-corrected chi connectivity index (χ4v) is 1.74. The van der Waals surface area contributed by atoms with Crippen LogP contribution >= 0.6 is 11.6 Å². The summed E-state index contributed by atoms with van der Waals surface area (Å²) in [5, 5.41) is 3.81. The Labute approximate surface area is 90.5 Å². The Morgan fingerprint density at radius 1 is 1.43 bits per heavy atom. The summed E-state index contributed by atoms with van der Waals surface area (Å²) in [4.78, 5) is 4.54. The van der Waals surface area contributed by atoms with Crippen LogP contribution in [-0.4, -0.2) is 16.6 Å². The van der Waals surface area contributed by atoms with Crippen molar-refractivity contribution < 1.29 is 0 Å². The first-order chi connectivity index (χ1) is 6.38. The van der Waals surface area contributed by atoms with E-state index in [0.29, 0.717) is 0 Å². The van der Waals surface area contributed by atoms with Crippen LogP contribution in [0.2, 0.25) is 5.15 Å². The Hall–Kier alpha value is -0.540. The molecule has 0 amide bonds. The quantitative estimate of drug-likeness (QED) is 0.819. The second kappa shape index (κ2) is 3.91. The van der Waals surface area contributed by atoms with Gasteiger partial charge in [-0.15, -0.1) is 0 Å². The average molecular weight is 216 g/mol. The number of nitrogens with one attached hydrogen (secondary N) is 1. The first kappa shape index (κ1) is 11.5. The molecule has 0 fully saturated rings. The van der Waals surface area contributed by atoms with Crippen molar-refractivity contribution >= 4 is 11.6 Å². The summed E-state index contributed by atoms with van der Waals surface area (Å²) < 4.78 is 1.93. The number of rotatable bonds is 2. The van der Waals surface area contributed by atoms with Crippen LogP contribution in [-0.2, 0) is 19.0 Å². The van der Waals surface area contributed by atoms with E-state index in [1.807, 2.05) is 18.7 Å². The Bertz CT molecular complexity index is 323. The summed E-state index contributed by atoms with van der Waals surface area (Å²) in [6.07, 6.45) is 0. The van der Waals surface area contributed by atoms with Gasteiger partial charge >= 0.3 is 0 Å². The summed E-state index contributed by atoms with van der Waals surface area (Å²) in [7, 11) is 3.84. The maximum atomic E-state index is 6.21. The molecule has 0 unspecified atom stereocenters. The van der Waals surface area contributed by atoms with Gasteiger partial charge < -0.3 is 9.88 Å². The second-order valence-electron chi connectivity index (χ2n) is 4.51. The lowest BCUT2D eigenvalue weighted by Gasteiger charge is -2.15. The lowest BCUT2D eigenvalue weighted by Crippen LogP contribution is -2.13. The van der Waals surface area contributed by atoms with Gasteiger partial charge in [-0.25, -0.2) is 4.98 Å². The molecule has 3 nitrogen and oxygen atoms in total. The maximum Gasteiger partial charge on any atom is 0.132 e. The number of hydrogen-bond donors (Lipinski definition) is 1. The summed E-state index contributed by atoms with van der Waals surface area (Å²) in [6.45, 7) is 7.09. The maximum absolute atomic E-state index is 6.21. The van der Waals surface area contributed by atoms with Crippen molar-refractivity contribution in [3.63, 3.8) is 0 Å². The fraction of sp³-hybridized carbons (Fsp3) is 0.700. The van der Waals surface area contributed by atoms with E-state index in [1.54, 1.807) is 0 Å². The van der Waals surface area contributed by atoms with Gasteiger partial charge in [0.05, 0.1) is 12.2 Å². The lowest BCUT2D eigenvalue weighted by molar-refractivity contribution is 0.570. The minimum Gasteiger partial charge on any atom is -0.321 e. The molecule has 4 heteroatoms. The molecule has 0 radical (unpaired) electrons. The van der Waals surface area contributed by atoms with Crippen LogP contribution in [0.4, 0.5) is 0 Å². The minimum absolute atomic E-state index is 0.000828. The fourth-order valence-electron chi connectivity index (χ4n) is 1.32. The molecular formula is C10H18ClN3. The van der Waals surface area contributed by atoms with Crippen molar-refractivity contribution in [2.24, 2.45) is 7.05 Å². The zero-order valence-electron chi connectivity index (χ0n) is 9.48. The normalized spacial score (nSPS) is 12.1. The Morgan fingerprint density at radius 2 is 2.00 bits per heavy atom. The third kappa shape index (κ3) is 2.10. The number of hydrogen-bond acceptors (Lipinski definition) is 2. The van der Waals surface area contributed by atoms with Gasteiger partial charge in [0.1, 0.15) is 11.0 Å². The van der Waals surface area contributed by atoms with E-state index < -0.39 is 0 Å². The van der Waals surface area contributed by atoms with E-state index in [0.717, 1.165) is 23.2 Å². The van der Waals surface area contributed by atoms with Crippen LogP contribution in [0, 0.1) is 0 Å². The molecule has 0 aliphatic rings. The number of halogens is 1. The van der Waals surface area contributed by atoms with Gasteiger partial charge in [-0.2, -0.15) is 0 Å². The van der Waals surface area contributed by atoms with Crippen molar-refractivity contribution in [2.45, 2.75) is 32.7 Å². The first-order valence-electron chi connectivity index (χ1n) is 4.74. The van der Waals surface area contributed by atoms with Crippen molar-refractivity contribution in [2.75, 3.05) is 7.05 Å². The predicted octanol–water partition coefficient (Wildman–Crippen LogP) is 2.09. The molecule has 0 aromatic carbocycles. The van der Waals surface area contributed by atoms with Crippen molar-refractivity contribution in [3.8, 4) is 0 Å². The van der Waals surface area contributed by atoms with Crippen LogP contribution < -0.4 is 5.32 Å². The molecule has 1 N–H and O–H groups in total. The monoisotopic (exact) mass is 215 g/mol. The van der Waals surface area contributed by atoms with Gasteiger partial charge in [0.15, 0.2) is 0 Å². The third-order valence-corrected chi connectivity index (χ3v) is 2.60. The zero-order chi connectivity index (χ0) is 10.9. The van der Waals surface area contributed by atoms with Crippen molar-refractivity contribution in [1.29, 1.82) is 0 Å². The highest BCUT2D eigenvalue weighted by Gasteiger charge is 2.23. The summed E-state index contributed by atoms with van der Waals surface area (Å²) in [6, 6.07) is 0. The molecule has 80 valence electrons. The number of nitrogens with zero attached hydrogens (tertiary/aromatic N) is 2. The van der Waals surface area contributed by atoms with Gasteiger partial charge in [-0.3, -0.25) is 0 Å². The second-order valence-corrected chi connectivity index (χ2v) is 4.86. The number of aromatic nitrogens is 2. The van der Waals surface area contributed by atoms with Gasteiger partial charge in [-0.05, 0) is 7.05 Å². The van der Waals surface area contributed by atoms with E-state index >= 15 is 0 Å². The molecule has 0 spiro atoms. The molecule has 1 heterocycles. The first-order valence-corrected chi connectivity index (χ1v) is 5.12. The van der Waals surface area contributed by atoms with Gasteiger partial charge in [0, 0.05) is 12.5 Å². The largest absolute Gasteiger partial charge is 0.321 e. The molecule has 0 aliphatic carbocycles. The van der Waals surface area contributed by atoms with Crippen LogP contribution in [0.3, 0.4) is 0 Å². The summed E-state index contributed by atoms with van der Waals surface area (Å²) >= 11 is 6.21. The molecule has 0 bridgehead atoms. The van der Waals surface area contributed by atoms with Crippen LogP contribution in [0.1, 0.15) is 32.3 Å². The third-order valence-electron chi connectivity index (χ3n) is 2.16. The van der Waals surface area contributed by atoms with Crippen LogP contribution in [0.25, 0.3) is 0 Å². The predicted molar refractivity (Wildman–Crippen MR) is 59.7 cm³/mol. The molecule has 0 aliphatic heterocycles. The van der Waals surface area contributed by atoms with E-state index in [2.05, 4.69) is 31.1 Å². The van der Waals surface area contributed by atoms with Crippen molar-refractivity contribution in [3.05, 3.63) is 16.7 Å². The Kier molecular flexibility index (Phi) is 3.22. The van der Waals surface area contributed by atoms with Crippen LogP contribution in [0.15, 0.2) is 0 Å². The highest BCUT2D eigenvalue weighted by Crippen LogP contribution is 2.28. The highest BCUT2D eigenvalue weighted by atomic mass is 35.5. The molecular weight excluding hydrogens is 198 g/mol. The zero-order valence-corrected chi connectivity index (χ0v) is 10.2. The minimum atomic E-state index is 0.000828. The van der Waals surface area contributed by atoms with Gasteiger partial charge in [0.25, 0.3) is 0 Å². The lowest BCUT2D eigenvalue weighted by atomic mass is 9.93. The van der Waals surface area contributed by atoms with E-state index in [9.17, 15) is 0 Å².